The van der Waals surface area contributed by atoms with Gasteiger partial charge in [-0.25, -0.2) is 0 Å². The number of anilines is 1. The predicted octanol–water partition coefficient (Wildman–Crippen LogP) is 3.14. The molecule has 0 N–H and O–H groups in total. The highest BCUT2D eigenvalue weighted by Gasteiger charge is 2.29. The molecule has 0 spiro atoms. The molecule has 0 radical (unpaired) electrons. The van der Waals surface area contributed by atoms with Crippen LogP contribution in [0.4, 0.5) is 5.69 Å². The predicted molar refractivity (Wildman–Crippen MR) is 82.4 cm³/mol. The number of nitrogens with zero attached hydrogens (tertiary/aromatic N) is 2. The zero-order valence-electron chi connectivity index (χ0n) is 11.8. The van der Waals surface area contributed by atoms with Gasteiger partial charge in [-0.15, -0.1) is 0 Å². The van der Waals surface area contributed by atoms with Crippen molar-refractivity contribution in [2.24, 2.45) is 5.41 Å². The van der Waals surface area contributed by atoms with Gasteiger partial charge in [0, 0.05) is 36.1 Å². The SMILES string of the molecule is CC(C)(C)C(=O)N1CCN(c2ccccc2Br)CC1. The third kappa shape index (κ3) is 3.30. The number of carbonyl (C=O) groups is 1. The van der Waals surface area contributed by atoms with E-state index in [1.54, 1.807) is 0 Å². The summed E-state index contributed by atoms with van der Waals surface area (Å²) in [7, 11) is 0. The van der Waals surface area contributed by atoms with Gasteiger partial charge in [0.25, 0.3) is 0 Å². The molecule has 1 heterocycles. The highest BCUT2D eigenvalue weighted by Crippen LogP contribution is 2.27. The van der Waals surface area contributed by atoms with Crippen LogP contribution in [-0.2, 0) is 4.79 Å². The first-order chi connectivity index (χ1) is 8.89. The molecule has 0 atom stereocenters. The second-order valence-corrected chi connectivity index (χ2v) is 6.83. The minimum atomic E-state index is -0.282. The van der Waals surface area contributed by atoms with Crippen LogP contribution >= 0.6 is 15.9 Å². The Morgan fingerprint density at radius 2 is 1.68 bits per heavy atom. The van der Waals surface area contributed by atoms with E-state index in [4.69, 9.17) is 0 Å². The van der Waals surface area contributed by atoms with Crippen LogP contribution in [0.15, 0.2) is 28.7 Å². The Bertz CT molecular complexity index is 459. The van der Waals surface area contributed by atoms with Gasteiger partial charge in [0.05, 0.1) is 5.69 Å². The van der Waals surface area contributed by atoms with Gasteiger partial charge in [-0.2, -0.15) is 0 Å². The van der Waals surface area contributed by atoms with Crippen molar-refractivity contribution in [3.63, 3.8) is 0 Å². The summed E-state index contributed by atoms with van der Waals surface area (Å²) in [5.41, 5.74) is 0.931. The Hall–Kier alpha value is -1.03. The molecule has 104 valence electrons. The number of benzene rings is 1. The van der Waals surface area contributed by atoms with Gasteiger partial charge < -0.3 is 9.80 Å². The van der Waals surface area contributed by atoms with Crippen LogP contribution in [-0.4, -0.2) is 37.0 Å². The van der Waals surface area contributed by atoms with Crippen molar-refractivity contribution in [3.8, 4) is 0 Å². The van der Waals surface area contributed by atoms with Crippen molar-refractivity contribution >= 4 is 27.5 Å². The van der Waals surface area contributed by atoms with E-state index in [0.717, 1.165) is 30.7 Å². The fourth-order valence-electron chi connectivity index (χ4n) is 2.33. The lowest BCUT2D eigenvalue weighted by molar-refractivity contribution is -0.139. The van der Waals surface area contributed by atoms with Crippen molar-refractivity contribution < 1.29 is 4.79 Å². The van der Waals surface area contributed by atoms with E-state index in [0.29, 0.717) is 0 Å². The molecule has 0 aromatic heterocycles. The summed E-state index contributed by atoms with van der Waals surface area (Å²) in [6.07, 6.45) is 0. The topological polar surface area (TPSA) is 23.6 Å². The Labute approximate surface area is 123 Å². The van der Waals surface area contributed by atoms with E-state index in [1.165, 1.54) is 5.69 Å². The summed E-state index contributed by atoms with van der Waals surface area (Å²) in [6, 6.07) is 8.24. The molecule has 1 fully saturated rings. The van der Waals surface area contributed by atoms with E-state index >= 15 is 0 Å². The molecule has 1 aromatic rings. The number of piperazine rings is 1. The number of hydrogen-bond acceptors (Lipinski definition) is 2. The summed E-state index contributed by atoms with van der Waals surface area (Å²) in [6.45, 7) is 9.34. The number of amides is 1. The number of halogens is 1. The zero-order valence-corrected chi connectivity index (χ0v) is 13.4. The van der Waals surface area contributed by atoms with Gasteiger partial charge in [0.15, 0.2) is 0 Å². The van der Waals surface area contributed by atoms with E-state index < -0.39 is 0 Å². The number of rotatable bonds is 1. The van der Waals surface area contributed by atoms with E-state index in [9.17, 15) is 4.79 Å². The first-order valence-electron chi connectivity index (χ1n) is 6.68. The molecular weight excluding hydrogens is 304 g/mol. The Kier molecular flexibility index (Phi) is 4.19. The van der Waals surface area contributed by atoms with Gasteiger partial charge in [-0.3, -0.25) is 4.79 Å². The third-order valence-corrected chi connectivity index (χ3v) is 4.07. The van der Waals surface area contributed by atoms with Crippen LogP contribution < -0.4 is 4.90 Å². The smallest absolute Gasteiger partial charge is 0.228 e. The lowest BCUT2D eigenvalue weighted by Crippen LogP contribution is -2.51. The van der Waals surface area contributed by atoms with E-state index in [-0.39, 0.29) is 11.3 Å². The monoisotopic (exact) mass is 324 g/mol. The third-order valence-electron chi connectivity index (χ3n) is 3.40. The number of hydrogen-bond donors (Lipinski definition) is 0. The highest BCUT2D eigenvalue weighted by molar-refractivity contribution is 9.10. The first kappa shape index (κ1) is 14.4. The molecule has 1 amide bonds. The molecule has 1 saturated heterocycles. The summed E-state index contributed by atoms with van der Waals surface area (Å²) in [5, 5.41) is 0. The molecule has 0 aliphatic carbocycles. The lowest BCUT2D eigenvalue weighted by Gasteiger charge is -2.39. The number of carbonyl (C=O) groups excluding carboxylic acids is 1. The minimum Gasteiger partial charge on any atom is -0.367 e. The van der Waals surface area contributed by atoms with Crippen molar-refractivity contribution in [2.75, 3.05) is 31.1 Å². The Balaban J connectivity index is 2.00. The van der Waals surface area contributed by atoms with E-state index in [2.05, 4.69) is 33.0 Å². The van der Waals surface area contributed by atoms with Crippen molar-refractivity contribution in [1.82, 2.24) is 4.90 Å². The van der Waals surface area contributed by atoms with Crippen LogP contribution in [0.25, 0.3) is 0 Å². The largest absolute Gasteiger partial charge is 0.367 e. The molecule has 2 rings (SSSR count). The van der Waals surface area contributed by atoms with Crippen molar-refractivity contribution in [1.29, 1.82) is 0 Å². The van der Waals surface area contributed by atoms with Crippen LogP contribution in [0.1, 0.15) is 20.8 Å². The van der Waals surface area contributed by atoms with Gasteiger partial charge >= 0.3 is 0 Å². The highest BCUT2D eigenvalue weighted by atomic mass is 79.9. The average Bonchev–Trinajstić information content (AvgIpc) is 2.38. The first-order valence-corrected chi connectivity index (χ1v) is 7.48. The summed E-state index contributed by atoms with van der Waals surface area (Å²) in [4.78, 5) is 16.5. The normalized spacial score (nSPS) is 16.6. The molecule has 3 nitrogen and oxygen atoms in total. The van der Waals surface area contributed by atoms with Crippen LogP contribution in [0, 0.1) is 5.41 Å². The fraction of sp³-hybridized carbons (Fsp3) is 0.533. The Morgan fingerprint density at radius 3 is 2.21 bits per heavy atom. The quantitative estimate of drug-likeness (QED) is 0.792. The molecule has 0 bridgehead atoms. The Morgan fingerprint density at radius 1 is 1.11 bits per heavy atom. The van der Waals surface area contributed by atoms with Crippen molar-refractivity contribution in [3.05, 3.63) is 28.7 Å². The maximum Gasteiger partial charge on any atom is 0.228 e. The second kappa shape index (κ2) is 5.53. The van der Waals surface area contributed by atoms with Crippen molar-refractivity contribution in [2.45, 2.75) is 20.8 Å². The minimum absolute atomic E-state index is 0.249. The lowest BCUT2D eigenvalue weighted by atomic mass is 9.94. The summed E-state index contributed by atoms with van der Waals surface area (Å²) in [5.74, 6) is 0.249. The van der Waals surface area contributed by atoms with Gasteiger partial charge in [0.2, 0.25) is 5.91 Å². The molecule has 4 heteroatoms. The molecule has 1 aliphatic heterocycles. The molecule has 1 aromatic carbocycles. The molecule has 19 heavy (non-hydrogen) atoms. The maximum atomic E-state index is 12.2. The second-order valence-electron chi connectivity index (χ2n) is 5.98. The van der Waals surface area contributed by atoms with Gasteiger partial charge in [0.1, 0.15) is 0 Å². The molecule has 0 unspecified atom stereocenters. The molecule has 1 aliphatic rings. The molecular formula is C15H21BrN2O. The van der Waals surface area contributed by atoms with Gasteiger partial charge in [-0.05, 0) is 28.1 Å². The van der Waals surface area contributed by atoms with Gasteiger partial charge in [-0.1, -0.05) is 32.9 Å². The fourth-order valence-corrected chi connectivity index (χ4v) is 2.87. The zero-order chi connectivity index (χ0) is 14.0. The maximum absolute atomic E-state index is 12.2. The average molecular weight is 325 g/mol. The van der Waals surface area contributed by atoms with Crippen LogP contribution in [0.5, 0.6) is 0 Å². The van der Waals surface area contributed by atoms with Crippen LogP contribution in [0.3, 0.4) is 0 Å². The summed E-state index contributed by atoms with van der Waals surface area (Å²) < 4.78 is 1.12. The van der Waals surface area contributed by atoms with E-state index in [1.807, 2.05) is 37.8 Å². The van der Waals surface area contributed by atoms with Crippen LogP contribution in [0.2, 0.25) is 0 Å². The standard InChI is InChI=1S/C15H21BrN2O/c1-15(2,3)14(19)18-10-8-17(9-11-18)13-7-5-4-6-12(13)16/h4-7H,8-11H2,1-3H3. The molecule has 0 saturated carbocycles. The summed E-state index contributed by atoms with van der Waals surface area (Å²) >= 11 is 3.59. The number of para-hydroxylation sites is 1.